The van der Waals surface area contributed by atoms with Crippen LogP contribution in [0.15, 0.2) is 18.2 Å². The van der Waals surface area contributed by atoms with Gasteiger partial charge in [-0.25, -0.2) is 4.79 Å². The van der Waals surface area contributed by atoms with Crippen LogP contribution in [0.1, 0.15) is 36.0 Å². The molecule has 0 saturated carbocycles. The number of benzene rings is 1. The quantitative estimate of drug-likeness (QED) is 0.928. The van der Waals surface area contributed by atoms with E-state index in [-0.39, 0.29) is 12.2 Å². The molecule has 0 saturated heterocycles. The molecule has 0 amide bonds. The number of thiophene rings is 1. The van der Waals surface area contributed by atoms with Gasteiger partial charge in [0.25, 0.3) is 0 Å². The molecule has 1 heterocycles. The molecule has 1 N–H and O–H groups in total. The Hall–Kier alpha value is -1.59. The molecule has 2 rings (SSSR count). The largest absolute Gasteiger partial charge is 0.497 e. The van der Waals surface area contributed by atoms with Gasteiger partial charge < -0.3 is 14.6 Å². The van der Waals surface area contributed by atoms with Crippen molar-refractivity contribution in [3.8, 4) is 5.75 Å². The van der Waals surface area contributed by atoms with Crippen molar-refractivity contribution in [3.63, 3.8) is 0 Å². The lowest BCUT2D eigenvalue weighted by Gasteiger charge is -2.19. The molecule has 1 aromatic carbocycles. The zero-order chi connectivity index (χ0) is 14.9. The van der Waals surface area contributed by atoms with Crippen LogP contribution in [0.3, 0.4) is 0 Å². The predicted octanol–water partition coefficient (Wildman–Crippen LogP) is 3.92. The molecule has 20 heavy (non-hydrogen) atoms. The molecule has 0 aliphatic rings. The summed E-state index contributed by atoms with van der Waals surface area (Å²) in [6.45, 7) is 6.12. The van der Waals surface area contributed by atoms with E-state index >= 15 is 0 Å². The van der Waals surface area contributed by atoms with Crippen molar-refractivity contribution in [1.29, 1.82) is 0 Å². The summed E-state index contributed by atoms with van der Waals surface area (Å²) in [4.78, 5) is 11.7. The van der Waals surface area contributed by atoms with Gasteiger partial charge in [-0.3, -0.25) is 0 Å². The molecule has 4 nitrogen and oxygen atoms in total. The fourth-order valence-electron chi connectivity index (χ4n) is 1.86. The van der Waals surface area contributed by atoms with E-state index in [2.05, 4.69) is 0 Å². The highest BCUT2D eigenvalue weighted by Crippen LogP contribution is 2.35. The Morgan fingerprint density at radius 3 is 2.60 bits per heavy atom. The number of hydrogen-bond donors (Lipinski definition) is 1. The number of aromatic carboxylic acids is 1. The fourth-order valence-corrected chi connectivity index (χ4v) is 2.89. The fraction of sp³-hybridized carbons (Fsp3) is 0.400. The third-order valence-electron chi connectivity index (χ3n) is 2.84. The minimum Gasteiger partial charge on any atom is -0.497 e. The average molecular weight is 294 g/mol. The second-order valence-electron chi connectivity index (χ2n) is 5.48. The monoisotopic (exact) mass is 294 g/mol. The van der Waals surface area contributed by atoms with Gasteiger partial charge in [-0.1, -0.05) is 0 Å². The lowest BCUT2D eigenvalue weighted by molar-refractivity contribution is -0.0147. The van der Waals surface area contributed by atoms with Crippen LogP contribution in [-0.2, 0) is 11.3 Å². The third-order valence-corrected chi connectivity index (χ3v) is 4.04. The first-order chi connectivity index (χ1) is 9.31. The summed E-state index contributed by atoms with van der Waals surface area (Å²) in [6.07, 6.45) is 0. The number of carboxylic acids is 1. The number of carbonyl (C=O) groups is 1. The van der Waals surface area contributed by atoms with Crippen molar-refractivity contribution in [1.82, 2.24) is 0 Å². The van der Waals surface area contributed by atoms with Gasteiger partial charge in [-0.2, -0.15) is 0 Å². The highest BCUT2D eigenvalue weighted by atomic mass is 32.1. The lowest BCUT2D eigenvalue weighted by atomic mass is 10.1. The smallest absolute Gasteiger partial charge is 0.346 e. The average Bonchev–Trinajstić information content (AvgIpc) is 2.73. The van der Waals surface area contributed by atoms with Gasteiger partial charge in [0, 0.05) is 15.6 Å². The molecule has 0 aliphatic carbocycles. The first-order valence-electron chi connectivity index (χ1n) is 6.28. The minimum absolute atomic E-state index is 0.276. The van der Waals surface area contributed by atoms with E-state index in [0.717, 1.165) is 10.1 Å². The summed E-state index contributed by atoms with van der Waals surface area (Å²) >= 11 is 1.27. The molecule has 0 bridgehead atoms. The van der Waals surface area contributed by atoms with Crippen molar-refractivity contribution in [2.45, 2.75) is 33.0 Å². The Morgan fingerprint density at radius 2 is 2.05 bits per heavy atom. The SMILES string of the molecule is COc1ccc2sc(C(=O)O)c(COC(C)(C)C)c2c1. The molecule has 5 heteroatoms. The Labute approximate surface area is 121 Å². The third kappa shape index (κ3) is 3.11. The number of rotatable bonds is 4. The topological polar surface area (TPSA) is 55.8 Å². The molecule has 108 valence electrons. The number of carboxylic acid groups (broad SMARTS) is 1. The van der Waals surface area contributed by atoms with Crippen LogP contribution in [0.5, 0.6) is 5.75 Å². The zero-order valence-electron chi connectivity index (χ0n) is 12.0. The Kier molecular flexibility index (Phi) is 4.01. The summed E-state index contributed by atoms with van der Waals surface area (Å²) < 4.78 is 11.9. The van der Waals surface area contributed by atoms with E-state index in [0.29, 0.717) is 16.2 Å². The van der Waals surface area contributed by atoms with E-state index in [1.165, 1.54) is 11.3 Å². The van der Waals surface area contributed by atoms with Crippen LogP contribution in [0.2, 0.25) is 0 Å². The van der Waals surface area contributed by atoms with Crippen LogP contribution in [0.4, 0.5) is 0 Å². The minimum atomic E-state index is -0.919. The molecule has 0 radical (unpaired) electrons. The highest BCUT2D eigenvalue weighted by Gasteiger charge is 2.20. The van der Waals surface area contributed by atoms with Crippen LogP contribution >= 0.6 is 11.3 Å². The lowest BCUT2D eigenvalue weighted by Crippen LogP contribution is -2.19. The molecule has 0 atom stereocenters. The van der Waals surface area contributed by atoms with Gasteiger partial charge in [0.05, 0.1) is 19.3 Å². The van der Waals surface area contributed by atoms with E-state index in [1.807, 2.05) is 39.0 Å². The molecular weight excluding hydrogens is 276 g/mol. The second-order valence-corrected chi connectivity index (χ2v) is 6.53. The standard InChI is InChI=1S/C15H18O4S/c1-15(2,3)19-8-11-10-7-9(18-4)5-6-12(10)20-13(11)14(16)17/h5-7H,8H2,1-4H3,(H,16,17). The maximum absolute atomic E-state index is 11.4. The van der Waals surface area contributed by atoms with Crippen LogP contribution < -0.4 is 4.74 Å². The van der Waals surface area contributed by atoms with Crippen LogP contribution in [0, 0.1) is 0 Å². The van der Waals surface area contributed by atoms with Gasteiger partial charge in [-0.15, -0.1) is 11.3 Å². The van der Waals surface area contributed by atoms with Crippen molar-refractivity contribution >= 4 is 27.4 Å². The Bertz CT molecular complexity index is 637. The summed E-state index contributed by atoms with van der Waals surface area (Å²) in [6, 6.07) is 5.57. The Balaban J connectivity index is 2.51. The molecule has 0 unspecified atom stereocenters. The van der Waals surface area contributed by atoms with E-state index in [9.17, 15) is 9.90 Å². The van der Waals surface area contributed by atoms with Crippen LogP contribution in [-0.4, -0.2) is 23.8 Å². The predicted molar refractivity (Wildman–Crippen MR) is 79.9 cm³/mol. The van der Waals surface area contributed by atoms with Crippen molar-refractivity contribution in [2.75, 3.05) is 7.11 Å². The summed E-state index contributed by atoms with van der Waals surface area (Å²) in [5.74, 6) is -0.207. The molecule has 1 aromatic heterocycles. The highest BCUT2D eigenvalue weighted by molar-refractivity contribution is 7.21. The van der Waals surface area contributed by atoms with Crippen molar-refractivity contribution in [2.24, 2.45) is 0 Å². The second kappa shape index (κ2) is 5.42. The summed E-state index contributed by atoms with van der Waals surface area (Å²) in [5, 5.41) is 10.2. The molecule has 2 aromatic rings. The number of hydrogen-bond acceptors (Lipinski definition) is 4. The number of ether oxygens (including phenoxy) is 2. The maximum atomic E-state index is 11.4. The summed E-state index contributed by atoms with van der Waals surface area (Å²) in [7, 11) is 1.59. The number of fused-ring (bicyclic) bond motifs is 1. The van der Waals surface area contributed by atoms with Gasteiger partial charge in [0.15, 0.2) is 0 Å². The first kappa shape index (κ1) is 14.8. The van der Waals surface area contributed by atoms with E-state index in [1.54, 1.807) is 7.11 Å². The molecule has 0 aliphatic heterocycles. The molecule has 0 fully saturated rings. The van der Waals surface area contributed by atoms with Crippen molar-refractivity contribution in [3.05, 3.63) is 28.6 Å². The van der Waals surface area contributed by atoms with Gasteiger partial charge in [0.1, 0.15) is 10.6 Å². The van der Waals surface area contributed by atoms with Gasteiger partial charge >= 0.3 is 5.97 Å². The maximum Gasteiger partial charge on any atom is 0.346 e. The van der Waals surface area contributed by atoms with Crippen LogP contribution in [0.25, 0.3) is 10.1 Å². The van der Waals surface area contributed by atoms with E-state index in [4.69, 9.17) is 9.47 Å². The van der Waals surface area contributed by atoms with Gasteiger partial charge in [0.2, 0.25) is 0 Å². The molecular formula is C15H18O4S. The normalized spacial score (nSPS) is 11.8. The Morgan fingerprint density at radius 1 is 1.35 bits per heavy atom. The first-order valence-corrected chi connectivity index (χ1v) is 7.10. The van der Waals surface area contributed by atoms with Gasteiger partial charge in [-0.05, 0) is 39.0 Å². The van der Waals surface area contributed by atoms with E-state index < -0.39 is 5.97 Å². The number of methoxy groups -OCH3 is 1. The summed E-state index contributed by atoms with van der Waals surface area (Å²) in [5.41, 5.74) is 0.398. The van der Waals surface area contributed by atoms with Crippen molar-refractivity contribution < 1.29 is 19.4 Å². The zero-order valence-corrected chi connectivity index (χ0v) is 12.8. The molecule has 0 spiro atoms.